The highest BCUT2D eigenvalue weighted by Crippen LogP contribution is 2.15. The van der Waals surface area contributed by atoms with Gasteiger partial charge in [-0.25, -0.2) is 0 Å². The number of hydrogen-bond donors (Lipinski definition) is 1. The van der Waals surface area contributed by atoms with Gasteiger partial charge in [-0.1, -0.05) is 29.3 Å². The minimum atomic E-state index is -3.71. The number of aliphatic hydroxyl groups is 1. The van der Waals surface area contributed by atoms with E-state index in [0.717, 1.165) is 11.1 Å². The Hall–Kier alpha value is -1.17. The minimum absolute atomic E-state index is 0.0641. The molecular weight excluding hydrogens is 276 g/mol. The third-order valence-corrected chi connectivity index (χ3v) is 3.97. The first-order valence-electron chi connectivity index (χ1n) is 6.47. The van der Waals surface area contributed by atoms with Gasteiger partial charge in [-0.2, -0.15) is 8.42 Å². The Kier molecular flexibility index (Phi) is 5.50. The molecule has 0 atom stereocenters. The monoisotopic (exact) mass is 298 g/mol. The van der Waals surface area contributed by atoms with E-state index in [2.05, 4.69) is 0 Å². The molecule has 0 saturated heterocycles. The Morgan fingerprint density at radius 3 is 2.35 bits per heavy atom. The maximum atomic E-state index is 11.9. The third-order valence-electron chi connectivity index (χ3n) is 2.64. The Bertz CT molecular complexity index is 563. The van der Waals surface area contributed by atoms with Crippen LogP contribution in [0.25, 0.3) is 0 Å². The Balaban J connectivity index is 2.61. The molecule has 0 heterocycles. The summed E-state index contributed by atoms with van der Waals surface area (Å²) in [7, 11) is -3.71. The van der Waals surface area contributed by atoms with Gasteiger partial charge in [0.1, 0.15) is 0 Å². The van der Waals surface area contributed by atoms with Crippen molar-refractivity contribution in [2.45, 2.75) is 44.6 Å². The molecule has 0 aliphatic rings. The van der Waals surface area contributed by atoms with Crippen LogP contribution in [0.2, 0.25) is 0 Å². The highest BCUT2D eigenvalue weighted by molar-refractivity contribution is 7.86. The number of benzene rings is 1. The van der Waals surface area contributed by atoms with E-state index < -0.39 is 15.7 Å². The SMILES string of the molecule is CC(=CC(C)(C)O)CCOS(=O)(=O)c1ccc(C)cc1. The van der Waals surface area contributed by atoms with Gasteiger partial charge in [0.15, 0.2) is 0 Å². The topological polar surface area (TPSA) is 63.6 Å². The van der Waals surface area contributed by atoms with Gasteiger partial charge >= 0.3 is 0 Å². The van der Waals surface area contributed by atoms with Crippen LogP contribution in [0.3, 0.4) is 0 Å². The van der Waals surface area contributed by atoms with Crippen LogP contribution in [0.5, 0.6) is 0 Å². The summed E-state index contributed by atoms with van der Waals surface area (Å²) in [6.07, 6.45) is 2.14. The molecule has 1 rings (SSSR count). The van der Waals surface area contributed by atoms with Crippen LogP contribution in [-0.2, 0) is 14.3 Å². The normalized spacial score (nSPS) is 13.6. The zero-order valence-corrected chi connectivity index (χ0v) is 13.2. The zero-order chi connectivity index (χ0) is 15.4. The van der Waals surface area contributed by atoms with Gasteiger partial charge in [-0.15, -0.1) is 0 Å². The molecule has 20 heavy (non-hydrogen) atoms. The molecule has 1 aromatic rings. The van der Waals surface area contributed by atoms with E-state index in [0.29, 0.717) is 6.42 Å². The van der Waals surface area contributed by atoms with Crippen molar-refractivity contribution in [3.05, 3.63) is 41.5 Å². The molecule has 0 aromatic heterocycles. The summed E-state index contributed by atoms with van der Waals surface area (Å²) in [5.41, 5.74) is 0.976. The second-order valence-electron chi connectivity index (χ2n) is 5.48. The van der Waals surface area contributed by atoms with Crippen LogP contribution in [0, 0.1) is 6.92 Å². The summed E-state index contributed by atoms with van der Waals surface area (Å²) in [4.78, 5) is 0.159. The molecule has 0 spiro atoms. The second kappa shape index (κ2) is 6.52. The van der Waals surface area contributed by atoms with E-state index >= 15 is 0 Å². The maximum Gasteiger partial charge on any atom is 0.296 e. The molecule has 0 radical (unpaired) electrons. The van der Waals surface area contributed by atoms with Crippen LogP contribution >= 0.6 is 0 Å². The second-order valence-corrected chi connectivity index (χ2v) is 7.10. The fraction of sp³-hybridized carbons (Fsp3) is 0.467. The first-order chi connectivity index (χ1) is 9.10. The average Bonchev–Trinajstić information content (AvgIpc) is 2.26. The lowest BCUT2D eigenvalue weighted by molar-refractivity contribution is 0.132. The quantitative estimate of drug-likeness (QED) is 0.648. The highest BCUT2D eigenvalue weighted by Gasteiger charge is 2.15. The lowest BCUT2D eigenvalue weighted by atomic mass is 10.0. The molecule has 112 valence electrons. The first-order valence-corrected chi connectivity index (χ1v) is 7.88. The number of hydrogen-bond acceptors (Lipinski definition) is 4. The average molecular weight is 298 g/mol. The van der Waals surface area contributed by atoms with Gasteiger partial charge in [-0.05, 0) is 46.2 Å². The molecule has 0 saturated carbocycles. The molecular formula is C15H22O4S. The van der Waals surface area contributed by atoms with Gasteiger partial charge in [0, 0.05) is 0 Å². The predicted octanol–water partition coefficient (Wildman–Crippen LogP) is 2.81. The molecule has 0 aliphatic carbocycles. The molecule has 1 aromatic carbocycles. The maximum absolute atomic E-state index is 11.9. The fourth-order valence-electron chi connectivity index (χ4n) is 1.76. The van der Waals surface area contributed by atoms with E-state index in [1.807, 2.05) is 13.8 Å². The number of aryl methyl sites for hydroxylation is 1. The van der Waals surface area contributed by atoms with Crippen molar-refractivity contribution in [2.24, 2.45) is 0 Å². The summed E-state index contributed by atoms with van der Waals surface area (Å²) >= 11 is 0. The smallest absolute Gasteiger partial charge is 0.296 e. The van der Waals surface area contributed by atoms with Gasteiger partial charge < -0.3 is 5.11 Å². The van der Waals surface area contributed by atoms with Crippen molar-refractivity contribution in [1.29, 1.82) is 0 Å². The van der Waals surface area contributed by atoms with Crippen LogP contribution in [0.1, 0.15) is 32.8 Å². The molecule has 0 bridgehead atoms. The summed E-state index contributed by atoms with van der Waals surface area (Å²) in [5.74, 6) is 0. The van der Waals surface area contributed by atoms with Crippen molar-refractivity contribution < 1.29 is 17.7 Å². The largest absolute Gasteiger partial charge is 0.386 e. The van der Waals surface area contributed by atoms with Crippen molar-refractivity contribution in [3.63, 3.8) is 0 Å². The zero-order valence-electron chi connectivity index (χ0n) is 12.4. The predicted molar refractivity (Wildman–Crippen MR) is 79.0 cm³/mol. The highest BCUT2D eigenvalue weighted by atomic mass is 32.2. The Morgan fingerprint density at radius 1 is 1.30 bits per heavy atom. The molecule has 4 nitrogen and oxygen atoms in total. The van der Waals surface area contributed by atoms with E-state index in [-0.39, 0.29) is 11.5 Å². The van der Waals surface area contributed by atoms with Crippen LogP contribution in [0.4, 0.5) is 0 Å². The Labute approximate surface area is 121 Å². The van der Waals surface area contributed by atoms with E-state index in [4.69, 9.17) is 4.18 Å². The Morgan fingerprint density at radius 2 is 1.85 bits per heavy atom. The molecule has 0 fully saturated rings. The molecule has 0 unspecified atom stereocenters. The van der Waals surface area contributed by atoms with Crippen LogP contribution in [0.15, 0.2) is 40.8 Å². The number of rotatable bonds is 6. The van der Waals surface area contributed by atoms with Gasteiger partial charge in [0.05, 0.1) is 17.1 Å². The first kappa shape index (κ1) is 16.9. The van der Waals surface area contributed by atoms with E-state index in [1.165, 1.54) is 12.1 Å². The van der Waals surface area contributed by atoms with E-state index in [1.54, 1.807) is 32.1 Å². The lowest BCUT2D eigenvalue weighted by Crippen LogP contribution is -2.15. The lowest BCUT2D eigenvalue weighted by Gasteiger charge is -2.13. The summed E-state index contributed by atoms with van der Waals surface area (Å²) in [5, 5.41) is 9.62. The molecule has 1 N–H and O–H groups in total. The summed E-state index contributed by atoms with van der Waals surface area (Å²) in [6.45, 7) is 7.12. The van der Waals surface area contributed by atoms with Crippen molar-refractivity contribution in [1.82, 2.24) is 0 Å². The van der Waals surface area contributed by atoms with Gasteiger partial charge in [-0.3, -0.25) is 4.18 Å². The molecule has 0 amide bonds. The van der Waals surface area contributed by atoms with Crippen LogP contribution in [-0.4, -0.2) is 25.7 Å². The standard InChI is InChI=1S/C15H22O4S/c1-12-5-7-14(8-6-12)20(17,18)19-10-9-13(2)11-15(3,4)16/h5-8,11,16H,9-10H2,1-4H3. The molecule has 5 heteroatoms. The fourth-order valence-corrected chi connectivity index (χ4v) is 2.67. The summed E-state index contributed by atoms with van der Waals surface area (Å²) < 4.78 is 28.8. The van der Waals surface area contributed by atoms with Crippen molar-refractivity contribution in [2.75, 3.05) is 6.61 Å². The minimum Gasteiger partial charge on any atom is -0.386 e. The van der Waals surface area contributed by atoms with Gasteiger partial charge in [0.25, 0.3) is 10.1 Å². The van der Waals surface area contributed by atoms with Crippen molar-refractivity contribution >= 4 is 10.1 Å². The van der Waals surface area contributed by atoms with E-state index in [9.17, 15) is 13.5 Å². The van der Waals surface area contributed by atoms with Gasteiger partial charge in [0.2, 0.25) is 0 Å². The van der Waals surface area contributed by atoms with Crippen molar-refractivity contribution in [3.8, 4) is 0 Å². The summed E-state index contributed by atoms with van der Waals surface area (Å²) in [6, 6.07) is 6.53. The molecule has 0 aliphatic heterocycles. The third kappa shape index (κ3) is 5.86. The van der Waals surface area contributed by atoms with Crippen LogP contribution < -0.4 is 0 Å².